The lowest BCUT2D eigenvalue weighted by molar-refractivity contribution is 0.635. The average Bonchev–Trinajstić information content (AvgIpc) is 2.46. The van der Waals surface area contributed by atoms with Crippen molar-refractivity contribution in [2.75, 3.05) is 12.8 Å². The van der Waals surface area contributed by atoms with Crippen LogP contribution in [0.1, 0.15) is 17.2 Å². The van der Waals surface area contributed by atoms with Gasteiger partial charge in [0.05, 0.1) is 10.8 Å². The first-order chi connectivity index (χ1) is 9.20. The van der Waals surface area contributed by atoms with Gasteiger partial charge in [-0.05, 0) is 31.7 Å². The molecule has 2 rings (SSSR count). The second kappa shape index (κ2) is 6.64. The van der Waals surface area contributed by atoms with Crippen molar-refractivity contribution >= 4 is 10.8 Å². The first-order valence-corrected chi connectivity index (χ1v) is 7.70. The molecule has 0 aliphatic rings. The van der Waals surface area contributed by atoms with Crippen molar-refractivity contribution in [2.45, 2.75) is 17.9 Å². The maximum Gasteiger partial charge on any atom is 0.0548 e. The summed E-state index contributed by atoms with van der Waals surface area (Å²) in [7, 11) is 0.928. The summed E-state index contributed by atoms with van der Waals surface area (Å²) >= 11 is 0. The number of nitrogens with one attached hydrogen (secondary N) is 1. The van der Waals surface area contributed by atoms with E-state index in [1.165, 1.54) is 11.1 Å². The smallest absolute Gasteiger partial charge is 0.0548 e. The van der Waals surface area contributed by atoms with Crippen molar-refractivity contribution in [2.24, 2.45) is 0 Å². The average molecular weight is 273 g/mol. The number of hydrogen-bond acceptors (Lipinski definition) is 2. The molecule has 0 saturated heterocycles. The van der Waals surface area contributed by atoms with E-state index in [9.17, 15) is 4.21 Å². The molecule has 0 saturated carbocycles. The highest BCUT2D eigenvalue weighted by atomic mass is 32.2. The lowest BCUT2D eigenvalue weighted by atomic mass is 10.1. The van der Waals surface area contributed by atoms with Gasteiger partial charge in [0, 0.05) is 16.7 Å². The Morgan fingerprint density at radius 3 is 2.26 bits per heavy atom. The Balaban J connectivity index is 2.11. The molecule has 19 heavy (non-hydrogen) atoms. The van der Waals surface area contributed by atoms with Crippen molar-refractivity contribution in [1.82, 2.24) is 5.32 Å². The molecule has 2 nitrogen and oxygen atoms in total. The maximum atomic E-state index is 12.3. The van der Waals surface area contributed by atoms with Crippen LogP contribution in [0.15, 0.2) is 59.5 Å². The highest BCUT2D eigenvalue weighted by Gasteiger charge is 2.14. The molecule has 2 aromatic carbocycles. The van der Waals surface area contributed by atoms with Crippen LogP contribution in [0.4, 0.5) is 0 Å². The van der Waals surface area contributed by atoms with Gasteiger partial charge in [-0.2, -0.15) is 0 Å². The minimum absolute atomic E-state index is 0.113. The summed E-state index contributed by atoms with van der Waals surface area (Å²) in [5.74, 6) is 0.587. The third-order valence-corrected chi connectivity index (χ3v) is 4.59. The summed E-state index contributed by atoms with van der Waals surface area (Å²) in [6.07, 6.45) is 0. The van der Waals surface area contributed by atoms with E-state index in [0.717, 1.165) is 4.90 Å². The van der Waals surface area contributed by atoms with Gasteiger partial charge in [-0.1, -0.05) is 48.0 Å². The van der Waals surface area contributed by atoms with Crippen molar-refractivity contribution in [1.29, 1.82) is 0 Å². The van der Waals surface area contributed by atoms with Gasteiger partial charge in [0.25, 0.3) is 0 Å². The summed E-state index contributed by atoms with van der Waals surface area (Å²) in [5.41, 5.74) is 2.42. The van der Waals surface area contributed by atoms with Crippen molar-refractivity contribution < 1.29 is 4.21 Å². The summed E-state index contributed by atoms with van der Waals surface area (Å²) in [5, 5.41) is 3.25. The maximum absolute atomic E-state index is 12.3. The summed E-state index contributed by atoms with van der Waals surface area (Å²) in [4.78, 5) is 0.884. The Morgan fingerprint density at radius 2 is 1.68 bits per heavy atom. The van der Waals surface area contributed by atoms with Crippen LogP contribution in [0.2, 0.25) is 0 Å². The van der Waals surface area contributed by atoms with Crippen molar-refractivity contribution in [3.8, 4) is 0 Å². The minimum atomic E-state index is -0.982. The zero-order valence-electron chi connectivity index (χ0n) is 11.3. The van der Waals surface area contributed by atoms with E-state index in [1.807, 2.05) is 37.4 Å². The fourth-order valence-corrected chi connectivity index (χ4v) is 3.28. The molecule has 2 unspecified atom stereocenters. The van der Waals surface area contributed by atoms with Crippen LogP contribution >= 0.6 is 0 Å². The first-order valence-electron chi connectivity index (χ1n) is 6.38. The third-order valence-electron chi connectivity index (χ3n) is 3.15. The van der Waals surface area contributed by atoms with Crippen LogP contribution in [0.25, 0.3) is 0 Å². The molecule has 0 aliphatic heterocycles. The van der Waals surface area contributed by atoms with Crippen LogP contribution in [0.5, 0.6) is 0 Å². The molecule has 0 aliphatic carbocycles. The molecule has 2 atom stereocenters. The molecule has 2 aromatic rings. The normalized spacial score (nSPS) is 14.0. The highest BCUT2D eigenvalue weighted by molar-refractivity contribution is 7.85. The fraction of sp³-hybridized carbons (Fsp3) is 0.250. The quantitative estimate of drug-likeness (QED) is 0.907. The zero-order valence-corrected chi connectivity index (χ0v) is 12.1. The Hall–Kier alpha value is -1.45. The van der Waals surface area contributed by atoms with Gasteiger partial charge in [-0.15, -0.1) is 0 Å². The van der Waals surface area contributed by atoms with E-state index in [2.05, 4.69) is 36.5 Å². The van der Waals surface area contributed by atoms with Crippen LogP contribution in [0.3, 0.4) is 0 Å². The van der Waals surface area contributed by atoms with Gasteiger partial charge in [-0.25, -0.2) is 0 Å². The molecule has 0 heterocycles. The van der Waals surface area contributed by atoms with E-state index >= 15 is 0 Å². The van der Waals surface area contributed by atoms with Gasteiger partial charge in [0.2, 0.25) is 0 Å². The molecule has 0 aromatic heterocycles. The molecule has 100 valence electrons. The Bertz CT molecular complexity index is 536. The molecular formula is C16H19NOS. The Morgan fingerprint density at radius 1 is 1.05 bits per heavy atom. The highest BCUT2D eigenvalue weighted by Crippen LogP contribution is 2.17. The van der Waals surface area contributed by atoms with Gasteiger partial charge >= 0.3 is 0 Å². The van der Waals surface area contributed by atoms with Crippen LogP contribution in [0, 0.1) is 6.92 Å². The largest absolute Gasteiger partial charge is 0.312 e. The lowest BCUT2D eigenvalue weighted by Crippen LogP contribution is -2.22. The van der Waals surface area contributed by atoms with Crippen LogP contribution < -0.4 is 5.32 Å². The van der Waals surface area contributed by atoms with Gasteiger partial charge in [0.1, 0.15) is 0 Å². The molecule has 0 radical (unpaired) electrons. The molecule has 0 amide bonds. The number of hydrogen-bond donors (Lipinski definition) is 1. The number of benzene rings is 2. The summed E-state index contributed by atoms with van der Waals surface area (Å²) in [6, 6.07) is 18.1. The molecular weight excluding hydrogens is 254 g/mol. The predicted molar refractivity (Wildman–Crippen MR) is 80.7 cm³/mol. The number of aryl methyl sites for hydroxylation is 1. The van der Waals surface area contributed by atoms with E-state index < -0.39 is 10.8 Å². The summed E-state index contributed by atoms with van der Waals surface area (Å²) in [6.45, 7) is 2.07. The van der Waals surface area contributed by atoms with Crippen molar-refractivity contribution in [3.05, 3.63) is 65.7 Å². The second-order valence-corrected chi connectivity index (χ2v) is 6.07. The van der Waals surface area contributed by atoms with Crippen LogP contribution in [-0.2, 0) is 10.8 Å². The molecule has 1 N–H and O–H groups in total. The first kappa shape index (κ1) is 14.0. The Labute approximate surface area is 117 Å². The molecule has 3 heteroatoms. The predicted octanol–water partition coefficient (Wildman–Crippen LogP) is 3.06. The molecule has 0 fully saturated rings. The van der Waals surface area contributed by atoms with Gasteiger partial charge in [-0.3, -0.25) is 4.21 Å². The van der Waals surface area contributed by atoms with E-state index in [1.54, 1.807) is 0 Å². The van der Waals surface area contributed by atoms with Crippen molar-refractivity contribution in [3.63, 3.8) is 0 Å². The van der Waals surface area contributed by atoms with Crippen LogP contribution in [-0.4, -0.2) is 17.0 Å². The SMILES string of the molecule is CNC(CS(=O)c1ccccc1)c1ccc(C)cc1. The Kier molecular flexibility index (Phi) is 4.88. The van der Waals surface area contributed by atoms with Gasteiger partial charge in [0.15, 0.2) is 0 Å². The lowest BCUT2D eigenvalue weighted by Gasteiger charge is -2.16. The standard InChI is InChI=1S/C16H19NOS/c1-13-8-10-14(11-9-13)16(17-2)12-19(18)15-6-4-3-5-7-15/h3-11,16-17H,12H2,1-2H3. The summed E-state index contributed by atoms with van der Waals surface area (Å²) < 4.78 is 12.3. The third kappa shape index (κ3) is 3.75. The van der Waals surface area contributed by atoms with E-state index in [0.29, 0.717) is 5.75 Å². The number of rotatable bonds is 5. The molecule has 0 bridgehead atoms. The van der Waals surface area contributed by atoms with E-state index in [4.69, 9.17) is 0 Å². The topological polar surface area (TPSA) is 29.1 Å². The van der Waals surface area contributed by atoms with Gasteiger partial charge < -0.3 is 5.32 Å². The minimum Gasteiger partial charge on any atom is -0.312 e. The second-order valence-electron chi connectivity index (χ2n) is 4.58. The van der Waals surface area contributed by atoms with E-state index in [-0.39, 0.29) is 6.04 Å². The zero-order chi connectivity index (χ0) is 13.7. The molecule has 0 spiro atoms. The monoisotopic (exact) mass is 273 g/mol. The fourth-order valence-electron chi connectivity index (χ4n) is 1.96.